The molecule has 1 N–H and O–H groups in total. The highest BCUT2D eigenvalue weighted by Gasteiger charge is 2.35. The summed E-state index contributed by atoms with van der Waals surface area (Å²) in [6, 6.07) is 1.49. The van der Waals surface area contributed by atoms with Crippen molar-refractivity contribution in [3.05, 3.63) is 0 Å². The van der Waals surface area contributed by atoms with Crippen molar-refractivity contribution in [3.8, 4) is 0 Å². The van der Waals surface area contributed by atoms with Crippen LogP contribution >= 0.6 is 0 Å². The van der Waals surface area contributed by atoms with Crippen molar-refractivity contribution in [3.63, 3.8) is 0 Å². The molecule has 3 heteroatoms. The van der Waals surface area contributed by atoms with Crippen LogP contribution in [-0.4, -0.2) is 47.4 Å². The lowest BCUT2D eigenvalue weighted by Crippen LogP contribution is -2.42. The molecule has 2 saturated carbocycles. The lowest BCUT2D eigenvalue weighted by Gasteiger charge is -2.31. The minimum atomic E-state index is -0.321. The fraction of sp³-hybridized carbons (Fsp3) is 1.00. The van der Waals surface area contributed by atoms with Crippen LogP contribution in [0, 0.1) is 0 Å². The second-order valence-corrected chi connectivity index (χ2v) is 5.90. The Hall–Kier alpha value is -0.120. The maximum atomic E-state index is 10.0. The molecule has 2 rings (SSSR count). The monoisotopic (exact) mass is 241 g/mol. The zero-order valence-electron chi connectivity index (χ0n) is 11.3. The van der Waals surface area contributed by atoms with Crippen LogP contribution < -0.4 is 0 Å². The van der Waals surface area contributed by atoms with Crippen LogP contribution in [0.25, 0.3) is 0 Å². The second kappa shape index (κ2) is 6.17. The van der Waals surface area contributed by atoms with Gasteiger partial charge in [0.2, 0.25) is 0 Å². The highest BCUT2D eigenvalue weighted by Crippen LogP contribution is 2.34. The molecule has 0 aromatic carbocycles. The summed E-state index contributed by atoms with van der Waals surface area (Å²) >= 11 is 0. The van der Waals surface area contributed by atoms with Crippen LogP contribution in [0.2, 0.25) is 0 Å². The van der Waals surface area contributed by atoms with Gasteiger partial charge in [-0.1, -0.05) is 12.8 Å². The topological polar surface area (TPSA) is 32.7 Å². The first-order valence-electron chi connectivity index (χ1n) is 7.22. The van der Waals surface area contributed by atoms with E-state index in [2.05, 4.69) is 4.90 Å². The van der Waals surface area contributed by atoms with Gasteiger partial charge in [0.1, 0.15) is 0 Å². The van der Waals surface area contributed by atoms with Gasteiger partial charge < -0.3 is 9.84 Å². The molecular formula is C14H27NO2. The van der Waals surface area contributed by atoms with E-state index in [1.807, 2.05) is 13.8 Å². The van der Waals surface area contributed by atoms with E-state index in [-0.39, 0.29) is 12.2 Å². The number of ether oxygens (including phenoxy) is 1. The van der Waals surface area contributed by atoms with Gasteiger partial charge in [0.25, 0.3) is 0 Å². The third-order valence-electron chi connectivity index (χ3n) is 3.85. The Morgan fingerprint density at radius 3 is 2.24 bits per heavy atom. The largest absolute Gasteiger partial charge is 0.389 e. The summed E-state index contributed by atoms with van der Waals surface area (Å²) in [6.45, 7) is 5.32. The predicted octanol–water partition coefficient (Wildman–Crippen LogP) is 2.18. The first-order chi connectivity index (χ1) is 8.16. The van der Waals surface area contributed by atoms with Crippen molar-refractivity contribution < 1.29 is 9.84 Å². The molecule has 2 fully saturated rings. The molecule has 0 amide bonds. The van der Waals surface area contributed by atoms with Crippen molar-refractivity contribution in [1.29, 1.82) is 0 Å². The normalized spacial score (nSPS) is 23.8. The average molecular weight is 241 g/mol. The van der Waals surface area contributed by atoms with E-state index in [4.69, 9.17) is 4.74 Å². The number of rotatable bonds is 7. The Kier molecular flexibility index (Phi) is 4.83. The van der Waals surface area contributed by atoms with E-state index in [0.29, 0.717) is 6.61 Å². The number of hydrogen-bond acceptors (Lipinski definition) is 3. The molecule has 0 aromatic heterocycles. The minimum absolute atomic E-state index is 0.213. The number of nitrogens with zero attached hydrogens (tertiary/aromatic N) is 1. The van der Waals surface area contributed by atoms with Crippen LogP contribution in [0.1, 0.15) is 52.4 Å². The molecular weight excluding hydrogens is 214 g/mol. The van der Waals surface area contributed by atoms with Crippen molar-refractivity contribution in [2.45, 2.75) is 76.7 Å². The summed E-state index contributed by atoms with van der Waals surface area (Å²) in [7, 11) is 0. The number of aliphatic hydroxyl groups is 1. The van der Waals surface area contributed by atoms with Gasteiger partial charge in [-0.2, -0.15) is 0 Å². The molecule has 2 aliphatic carbocycles. The van der Waals surface area contributed by atoms with Gasteiger partial charge in [-0.05, 0) is 39.5 Å². The van der Waals surface area contributed by atoms with Gasteiger partial charge in [0.05, 0.1) is 18.8 Å². The summed E-state index contributed by atoms with van der Waals surface area (Å²) in [5.41, 5.74) is 0. The van der Waals surface area contributed by atoms with E-state index < -0.39 is 0 Å². The second-order valence-electron chi connectivity index (χ2n) is 5.90. The van der Waals surface area contributed by atoms with Crippen molar-refractivity contribution in [2.24, 2.45) is 0 Å². The van der Waals surface area contributed by atoms with Crippen molar-refractivity contribution in [1.82, 2.24) is 4.90 Å². The number of hydrogen-bond donors (Lipinski definition) is 1. The Balaban J connectivity index is 1.76. The fourth-order valence-electron chi connectivity index (χ4n) is 2.84. The summed E-state index contributed by atoms with van der Waals surface area (Å²) in [5.74, 6) is 0. The van der Waals surface area contributed by atoms with Crippen LogP contribution in [-0.2, 0) is 4.74 Å². The van der Waals surface area contributed by atoms with E-state index in [1.54, 1.807) is 0 Å². The molecule has 0 saturated heterocycles. The molecule has 0 aliphatic heterocycles. The minimum Gasteiger partial charge on any atom is -0.389 e. The molecule has 17 heavy (non-hydrogen) atoms. The lowest BCUT2D eigenvalue weighted by atomic mass is 10.2. The SMILES string of the molecule is CC(C)OCC(O)CN(C1CCCC1)C1CC1. The highest BCUT2D eigenvalue weighted by molar-refractivity contribution is 4.91. The van der Waals surface area contributed by atoms with Gasteiger partial charge in [0, 0.05) is 18.6 Å². The summed E-state index contributed by atoms with van der Waals surface area (Å²) in [4.78, 5) is 2.56. The molecule has 1 atom stereocenters. The molecule has 1 unspecified atom stereocenters. The van der Waals surface area contributed by atoms with Crippen LogP contribution in [0.5, 0.6) is 0 Å². The summed E-state index contributed by atoms with van der Waals surface area (Å²) in [5, 5.41) is 10.0. The smallest absolute Gasteiger partial charge is 0.0900 e. The summed E-state index contributed by atoms with van der Waals surface area (Å²) < 4.78 is 5.49. The Morgan fingerprint density at radius 2 is 1.71 bits per heavy atom. The van der Waals surface area contributed by atoms with E-state index in [9.17, 15) is 5.11 Å². The van der Waals surface area contributed by atoms with Gasteiger partial charge in [-0.15, -0.1) is 0 Å². The van der Waals surface area contributed by atoms with Crippen molar-refractivity contribution >= 4 is 0 Å². The zero-order chi connectivity index (χ0) is 12.3. The first-order valence-corrected chi connectivity index (χ1v) is 7.22. The van der Waals surface area contributed by atoms with Crippen molar-refractivity contribution in [2.75, 3.05) is 13.2 Å². The molecule has 0 heterocycles. The van der Waals surface area contributed by atoms with Crippen LogP contribution in [0.15, 0.2) is 0 Å². The van der Waals surface area contributed by atoms with Crippen LogP contribution in [0.4, 0.5) is 0 Å². The fourth-order valence-corrected chi connectivity index (χ4v) is 2.84. The maximum absolute atomic E-state index is 10.0. The number of aliphatic hydroxyl groups excluding tert-OH is 1. The standard InChI is InChI=1S/C14H27NO2/c1-11(2)17-10-14(16)9-15(13-7-8-13)12-5-3-4-6-12/h11-14,16H,3-10H2,1-2H3. The van der Waals surface area contributed by atoms with Gasteiger partial charge in [-0.3, -0.25) is 4.90 Å². The van der Waals surface area contributed by atoms with Gasteiger partial charge in [0.15, 0.2) is 0 Å². The Labute approximate surface area is 105 Å². The molecule has 3 nitrogen and oxygen atoms in total. The quantitative estimate of drug-likeness (QED) is 0.741. The Bertz CT molecular complexity index is 222. The van der Waals surface area contributed by atoms with Gasteiger partial charge in [-0.25, -0.2) is 0 Å². The van der Waals surface area contributed by atoms with E-state index >= 15 is 0 Å². The highest BCUT2D eigenvalue weighted by atomic mass is 16.5. The maximum Gasteiger partial charge on any atom is 0.0900 e. The molecule has 0 radical (unpaired) electrons. The third-order valence-corrected chi connectivity index (χ3v) is 3.85. The summed E-state index contributed by atoms with van der Waals surface area (Å²) in [6.07, 6.45) is 7.94. The third kappa shape index (κ3) is 4.23. The molecule has 0 bridgehead atoms. The molecule has 0 aromatic rings. The molecule has 0 spiro atoms. The predicted molar refractivity (Wildman–Crippen MR) is 69.1 cm³/mol. The zero-order valence-corrected chi connectivity index (χ0v) is 11.3. The lowest BCUT2D eigenvalue weighted by molar-refractivity contribution is -0.0154. The van der Waals surface area contributed by atoms with Gasteiger partial charge >= 0.3 is 0 Å². The first kappa shape index (κ1) is 13.3. The Morgan fingerprint density at radius 1 is 1.12 bits per heavy atom. The average Bonchev–Trinajstić information content (AvgIpc) is 2.98. The van der Waals surface area contributed by atoms with E-state index in [0.717, 1.165) is 18.6 Å². The molecule has 100 valence electrons. The van der Waals surface area contributed by atoms with E-state index in [1.165, 1.54) is 38.5 Å². The van der Waals surface area contributed by atoms with Crippen LogP contribution in [0.3, 0.4) is 0 Å². The molecule has 2 aliphatic rings.